The van der Waals surface area contributed by atoms with Gasteiger partial charge in [0, 0.05) is 92.4 Å². The van der Waals surface area contributed by atoms with Gasteiger partial charge in [-0.2, -0.15) is 8.42 Å². The van der Waals surface area contributed by atoms with Crippen molar-refractivity contribution in [1.29, 1.82) is 0 Å². The molecule has 0 radical (unpaired) electrons. The molecule has 19 heteroatoms. The van der Waals surface area contributed by atoms with E-state index in [2.05, 4.69) is 10.6 Å². The highest BCUT2D eigenvalue weighted by Crippen LogP contribution is 2.57. The van der Waals surface area contributed by atoms with Crippen molar-refractivity contribution in [2.75, 3.05) is 45.5 Å². The average molecular weight is 838 g/mol. The van der Waals surface area contributed by atoms with Crippen molar-refractivity contribution >= 4 is 45.7 Å². The van der Waals surface area contributed by atoms with Crippen LogP contribution in [0.1, 0.15) is 88.8 Å². The number of ether oxygens (including phenoxy) is 2. The molecule has 1 unspecified atom stereocenters. The number of carbonyl (C=O) groups excluding carboxylic acids is 6. The number of hydrogen-bond donors (Lipinski definition) is 5. The first-order valence-corrected chi connectivity index (χ1v) is 20.7. The first-order chi connectivity index (χ1) is 28.0. The summed E-state index contributed by atoms with van der Waals surface area (Å²) < 4.78 is 44.6. The molecule has 59 heavy (non-hydrogen) atoms. The molecule has 1 fully saturated rings. The van der Waals surface area contributed by atoms with Gasteiger partial charge in [-0.3, -0.25) is 23.7 Å². The summed E-state index contributed by atoms with van der Waals surface area (Å²) in [7, 11) is -2.27. The summed E-state index contributed by atoms with van der Waals surface area (Å²) in [5, 5.41) is 26.4. The third-order valence-corrected chi connectivity index (χ3v) is 11.3. The number of fused-ring (bicyclic) bond motifs is 6. The van der Waals surface area contributed by atoms with Crippen molar-refractivity contribution in [3.05, 3.63) is 82.4 Å². The van der Waals surface area contributed by atoms with Gasteiger partial charge in [0.05, 0.1) is 38.0 Å². The van der Waals surface area contributed by atoms with E-state index in [-0.39, 0.29) is 85.1 Å². The minimum Gasteiger partial charge on any atom is -0.508 e. The van der Waals surface area contributed by atoms with Crippen molar-refractivity contribution in [2.45, 2.75) is 57.0 Å². The average Bonchev–Trinajstić information content (AvgIpc) is 3.64. The van der Waals surface area contributed by atoms with Crippen molar-refractivity contribution in [3.63, 3.8) is 0 Å². The fourth-order valence-corrected chi connectivity index (χ4v) is 8.05. The van der Waals surface area contributed by atoms with Gasteiger partial charge in [0.25, 0.3) is 27.8 Å². The molecule has 1 spiro atoms. The van der Waals surface area contributed by atoms with Crippen LogP contribution in [0.3, 0.4) is 0 Å². The molecule has 314 valence electrons. The highest BCUT2D eigenvalue weighted by Gasteiger charge is 2.54. The number of nitrogens with one attached hydrogen (secondary N) is 2. The lowest BCUT2D eigenvalue weighted by molar-refractivity contribution is -0.909. The topological polar surface area (TPSA) is 252 Å². The second-order valence-corrected chi connectivity index (χ2v) is 16.5. The van der Waals surface area contributed by atoms with E-state index in [4.69, 9.17) is 14.3 Å². The van der Waals surface area contributed by atoms with E-state index in [0.717, 1.165) is 0 Å². The predicted octanol–water partition coefficient (Wildman–Crippen LogP) is 2.79. The molecule has 0 aliphatic carbocycles. The molecule has 1 atom stereocenters. The maximum atomic E-state index is 13.5. The molecule has 3 aliphatic rings. The Labute approximate surface area is 339 Å². The largest absolute Gasteiger partial charge is 0.508 e. The SMILES string of the molecule is C[N+](CCCNC(=O)CCCC(=O)ON1C(=O)CCC1=O)(CCCNC(=O)c1ccc2c(c1)C(=O)OC21c2ccc(O)cc2Oc2cc(O)ccc21)CCCS(=O)(=O)O. The fraction of sp³-hybridized carbons (Fsp3) is 0.400. The number of rotatable bonds is 18. The minimum absolute atomic E-state index is 0.0110. The van der Waals surface area contributed by atoms with Gasteiger partial charge in [0.2, 0.25) is 5.91 Å². The molecule has 4 amide bonds. The summed E-state index contributed by atoms with van der Waals surface area (Å²) in [5.41, 5.74) is 0.240. The third-order valence-electron chi connectivity index (χ3n) is 10.5. The van der Waals surface area contributed by atoms with Crippen LogP contribution >= 0.6 is 0 Å². The molecule has 3 heterocycles. The van der Waals surface area contributed by atoms with E-state index in [1.54, 1.807) is 24.3 Å². The Bertz CT molecular complexity index is 2230. The molecular formula is C40H45N4O14S+. The Balaban J connectivity index is 1.02. The number of imide groups is 1. The second-order valence-electron chi connectivity index (χ2n) is 14.9. The van der Waals surface area contributed by atoms with Crippen LogP contribution < -0.4 is 15.4 Å². The summed E-state index contributed by atoms with van der Waals surface area (Å²) >= 11 is 0. The molecule has 5 N–H and O–H groups in total. The maximum Gasteiger partial charge on any atom is 0.340 e. The van der Waals surface area contributed by atoms with Crippen LogP contribution in [0.25, 0.3) is 0 Å². The molecular weight excluding hydrogens is 793 g/mol. The summed E-state index contributed by atoms with van der Waals surface area (Å²) in [6.45, 7) is 1.95. The van der Waals surface area contributed by atoms with E-state index in [0.29, 0.717) is 65.3 Å². The molecule has 1 saturated heterocycles. The van der Waals surface area contributed by atoms with Crippen LogP contribution in [0, 0.1) is 0 Å². The lowest BCUT2D eigenvalue weighted by Gasteiger charge is -2.36. The summed E-state index contributed by atoms with van der Waals surface area (Å²) in [6, 6.07) is 13.5. The van der Waals surface area contributed by atoms with Crippen molar-refractivity contribution in [2.24, 2.45) is 0 Å². The Morgan fingerprint density at radius 2 is 1.37 bits per heavy atom. The summed E-state index contributed by atoms with van der Waals surface area (Å²) in [5.74, 6) is -3.53. The van der Waals surface area contributed by atoms with Crippen LogP contribution in [0.5, 0.6) is 23.0 Å². The van der Waals surface area contributed by atoms with E-state index in [9.17, 15) is 52.0 Å². The molecule has 3 aliphatic heterocycles. The lowest BCUT2D eigenvalue weighted by Crippen LogP contribution is -2.48. The van der Waals surface area contributed by atoms with Gasteiger partial charge >= 0.3 is 11.9 Å². The number of phenols is 2. The molecule has 0 saturated carbocycles. The van der Waals surface area contributed by atoms with Crippen LogP contribution in [0.2, 0.25) is 0 Å². The van der Waals surface area contributed by atoms with Crippen molar-refractivity contribution < 1.29 is 70.7 Å². The number of aromatic hydroxyl groups is 2. The van der Waals surface area contributed by atoms with Crippen LogP contribution in [-0.4, -0.2) is 114 Å². The first-order valence-electron chi connectivity index (χ1n) is 19.1. The second kappa shape index (κ2) is 17.4. The molecule has 6 rings (SSSR count). The highest BCUT2D eigenvalue weighted by atomic mass is 32.2. The number of nitrogens with zero attached hydrogens (tertiary/aromatic N) is 2. The van der Waals surface area contributed by atoms with E-state index in [1.165, 1.54) is 30.3 Å². The molecule has 0 aromatic heterocycles. The Hall–Kier alpha value is -6.05. The van der Waals surface area contributed by atoms with Crippen molar-refractivity contribution in [3.8, 4) is 23.0 Å². The molecule has 18 nitrogen and oxygen atoms in total. The standard InChI is InChI=1S/C40H44N4O14S/c1-44(20-5-21-59(53,54)55,18-3-16-41-34(47)6-2-7-37(50)58-43-35(48)14-15-36(43)49)19-4-17-42-38(51)25-8-11-29-28(22-25)39(52)57-40(29)30-12-9-26(45)23-32(30)56-33-24-27(46)10-13-31(33)40/h8-13,22-24H,2-7,14-21H2,1H3,(H4-,41,42,45,46,47,51,53,54,55)/p+1. The Morgan fingerprint density at radius 3 is 1.98 bits per heavy atom. The van der Waals surface area contributed by atoms with Gasteiger partial charge in [-0.15, -0.1) is 5.06 Å². The predicted molar refractivity (Wildman–Crippen MR) is 205 cm³/mol. The monoisotopic (exact) mass is 837 g/mol. The number of hydroxylamine groups is 2. The molecule has 0 bridgehead atoms. The van der Waals surface area contributed by atoms with Gasteiger partial charge in [-0.25, -0.2) is 9.59 Å². The normalized spacial score (nSPS) is 16.0. The number of phenolic OH excluding ortho intramolecular Hbond substituents is 2. The number of carbonyl (C=O) groups is 6. The van der Waals surface area contributed by atoms with Crippen LogP contribution in [0.4, 0.5) is 0 Å². The number of amides is 4. The van der Waals surface area contributed by atoms with Crippen LogP contribution in [-0.2, 0) is 44.5 Å². The summed E-state index contributed by atoms with van der Waals surface area (Å²) in [6.07, 6.45) is 1.12. The third kappa shape index (κ3) is 9.81. The maximum absolute atomic E-state index is 13.5. The zero-order valence-electron chi connectivity index (χ0n) is 32.2. The molecule has 3 aromatic carbocycles. The van der Waals surface area contributed by atoms with Gasteiger partial charge in [0.1, 0.15) is 23.0 Å². The first kappa shape index (κ1) is 42.6. The van der Waals surface area contributed by atoms with E-state index in [1.807, 2.05) is 7.05 Å². The van der Waals surface area contributed by atoms with Crippen LogP contribution in [0.15, 0.2) is 54.6 Å². The zero-order valence-corrected chi connectivity index (χ0v) is 33.0. The minimum atomic E-state index is -4.18. The van der Waals surface area contributed by atoms with E-state index < -0.39 is 51.1 Å². The highest BCUT2D eigenvalue weighted by molar-refractivity contribution is 7.85. The Kier molecular flexibility index (Phi) is 12.6. The Morgan fingerprint density at radius 1 is 0.797 bits per heavy atom. The van der Waals surface area contributed by atoms with E-state index >= 15 is 0 Å². The molecule has 3 aromatic rings. The fourth-order valence-electron chi connectivity index (χ4n) is 7.55. The number of quaternary nitrogens is 1. The van der Waals surface area contributed by atoms with Crippen molar-refractivity contribution in [1.82, 2.24) is 15.7 Å². The zero-order chi connectivity index (χ0) is 42.5. The van der Waals surface area contributed by atoms with Gasteiger partial charge in [-0.1, -0.05) is 6.07 Å². The number of hydrogen-bond acceptors (Lipinski definition) is 13. The van der Waals surface area contributed by atoms with Gasteiger partial charge in [-0.05, 0) is 42.8 Å². The van der Waals surface area contributed by atoms with Gasteiger partial charge in [0.15, 0.2) is 5.60 Å². The summed E-state index contributed by atoms with van der Waals surface area (Å²) in [4.78, 5) is 79.2. The van der Waals surface area contributed by atoms with Gasteiger partial charge < -0.3 is 39.6 Å². The number of benzene rings is 3. The smallest absolute Gasteiger partial charge is 0.340 e. The quantitative estimate of drug-likeness (QED) is 0.0406. The lowest BCUT2D eigenvalue weighted by atomic mass is 9.77. The number of esters is 1.